The van der Waals surface area contributed by atoms with Gasteiger partial charge >= 0.3 is 0 Å². The number of rotatable bonds is 4. The monoisotopic (exact) mass is 870 g/mol. The van der Waals surface area contributed by atoms with Crippen molar-refractivity contribution in [3.63, 3.8) is 0 Å². The molecule has 0 N–H and O–H groups in total. The molecule has 0 radical (unpaired) electrons. The summed E-state index contributed by atoms with van der Waals surface area (Å²) in [5, 5.41) is 9.90. The van der Waals surface area contributed by atoms with E-state index in [1.165, 1.54) is 85.8 Å². The molecule has 0 fully saturated rings. The van der Waals surface area contributed by atoms with Gasteiger partial charge in [-0.3, -0.25) is 0 Å². The molecule has 0 saturated heterocycles. The van der Waals surface area contributed by atoms with E-state index in [9.17, 15) is 0 Å². The Hall–Kier alpha value is -8.44. The van der Waals surface area contributed by atoms with Crippen molar-refractivity contribution in [2.45, 2.75) is 5.41 Å². The fraction of sp³-hybridized carbons (Fsp3) is 0.0159. The molecule has 1 aliphatic heterocycles. The molecule has 0 bridgehead atoms. The van der Waals surface area contributed by atoms with E-state index in [1.807, 2.05) is 11.3 Å². The van der Waals surface area contributed by atoms with Crippen LogP contribution in [0.4, 0.5) is 17.1 Å². The van der Waals surface area contributed by atoms with E-state index in [0.29, 0.717) is 0 Å². The molecule has 2 aliphatic rings. The molecule has 4 heteroatoms. The summed E-state index contributed by atoms with van der Waals surface area (Å²) in [6, 6.07) is 85.2. The minimum Gasteiger partial charge on any atom is -0.457 e. The number of hydrogen-bond donors (Lipinski definition) is 0. The smallest absolute Gasteiger partial charge is 0.132 e. The third-order valence-electron chi connectivity index (χ3n) is 14.6. The van der Waals surface area contributed by atoms with Gasteiger partial charge in [-0.15, -0.1) is 11.3 Å². The zero-order chi connectivity index (χ0) is 43.8. The molecule has 15 rings (SSSR count). The normalized spacial score (nSPS) is 14.7. The molecule has 0 saturated carbocycles. The fourth-order valence-corrected chi connectivity index (χ4v) is 13.0. The highest BCUT2D eigenvalue weighted by atomic mass is 32.1. The SMILES string of the molecule is c1ccc2c(c1)Oc1ccc(N(c3ccc4c(c3)c3ccccc3n4-c3ccc4sc5ccccc5c4c3)c3cccc4ccccc34)cc1C21c2ccccc2-c2cccc3cccc1c23. The number of fused-ring (bicyclic) bond motifs is 15. The molecule has 13 aromatic rings. The lowest BCUT2D eigenvalue weighted by molar-refractivity contribution is 0.435. The second-order valence-corrected chi connectivity index (χ2v) is 19.0. The molecule has 3 heterocycles. The number of benzene rings is 11. The molecule has 312 valence electrons. The van der Waals surface area contributed by atoms with Crippen molar-refractivity contribution in [3.05, 3.63) is 253 Å². The van der Waals surface area contributed by atoms with Crippen LogP contribution in [0.3, 0.4) is 0 Å². The summed E-state index contributed by atoms with van der Waals surface area (Å²) in [4.78, 5) is 2.47. The molecular formula is C63H38N2OS. The molecule has 2 aromatic heterocycles. The Morgan fingerprint density at radius 3 is 1.97 bits per heavy atom. The Morgan fingerprint density at radius 1 is 0.388 bits per heavy atom. The maximum absolute atomic E-state index is 7.00. The van der Waals surface area contributed by atoms with Gasteiger partial charge in [-0.25, -0.2) is 0 Å². The molecule has 1 atom stereocenters. The minimum absolute atomic E-state index is 0.665. The van der Waals surface area contributed by atoms with Crippen molar-refractivity contribution in [1.29, 1.82) is 0 Å². The molecule has 1 aliphatic carbocycles. The van der Waals surface area contributed by atoms with Crippen molar-refractivity contribution in [3.8, 4) is 28.3 Å². The third kappa shape index (κ3) is 5.05. The van der Waals surface area contributed by atoms with E-state index in [2.05, 4.69) is 240 Å². The maximum Gasteiger partial charge on any atom is 0.132 e. The van der Waals surface area contributed by atoms with Crippen molar-refractivity contribution in [2.75, 3.05) is 4.90 Å². The van der Waals surface area contributed by atoms with Gasteiger partial charge in [0, 0.05) is 64.5 Å². The number of thiophene rings is 1. The highest BCUT2D eigenvalue weighted by Crippen LogP contribution is 2.62. The van der Waals surface area contributed by atoms with Crippen LogP contribution < -0.4 is 9.64 Å². The summed E-state index contributed by atoms with van der Waals surface area (Å²) in [6.07, 6.45) is 0. The lowest BCUT2D eigenvalue weighted by Gasteiger charge is -2.45. The summed E-state index contributed by atoms with van der Waals surface area (Å²) in [6.45, 7) is 0. The van der Waals surface area contributed by atoms with Crippen molar-refractivity contribution >= 4 is 91.9 Å². The summed E-state index contributed by atoms with van der Waals surface area (Å²) in [7, 11) is 0. The van der Waals surface area contributed by atoms with E-state index in [1.54, 1.807) is 0 Å². The highest BCUT2D eigenvalue weighted by molar-refractivity contribution is 7.25. The lowest BCUT2D eigenvalue weighted by Crippen LogP contribution is -2.36. The van der Waals surface area contributed by atoms with Crippen molar-refractivity contribution in [1.82, 2.24) is 4.57 Å². The molecular weight excluding hydrogens is 833 g/mol. The van der Waals surface area contributed by atoms with Crippen LogP contribution in [0.2, 0.25) is 0 Å². The first-order chi connectivity index (χ1) is 33.2. The number of nitrogens with zero attached hydrogens (tertiary/aromatic N) is 2. The van der Waals surface area contributed by atoms with Gasteiger partial charge in [0.05, 0.1) is 22.1 Å². The van der Waals surface area contributed by atoms with Crippen molar-refractivity contribution < 1.29 is 4.74 Å². The molecule has 11 aromatic carbocycles. The number of hydrogen-bond acceptors (Lipinski definition) is 3. The zero-order valence-corrected chi connectivity index (χ0v) is 37.0. The summed E-state index contributed by atoms with van der Waals surface area (Å²) in [5.41, 5.74) is 13.4. The van der Waals surface area contributed by atoms with Gasteiger partial charge in [-0.1, -0.05) is 152 Å². The first kappa shape index (κ1) is 36.9. The third-order valence-corrected chi connectivity index (χ3v) is 15.8. The zero-order valence-electron chi connectivity index (χ0n) is 36.2. The van der Waals surface area contributed by atoms with E-state index in [0.717, 1.165) is 45.4 Å². The van der Waals surface area contributed by atoms with Crippen LogP contribution in [-0.2, 0) is 5.41 Å². The Kier molecular flexibility index (Phi) is 7.58. The van der Waals surface area contributed by atoms with Crippen LogP contribution in [-0.4, -0.2) is 4.57 Å². The van der Waals surface area contributed by atoms with Gasteiger partial charge in [0.25, 0.3) is 0 Å². The van der Waals surface area contributed by atoms with Crippen LogP contribution in [0.5, 0.6) is 11.5 Å². The number of aromatic nitrogens is 1. The van der Waals surface area contributed by atoms with Gasteiger partial charge in [0.2, 0.25) is 0 Å². The van der Waals surface area contributed by atoms with Crippen LogP contribution in [0.15, 0.2) is 231 Å². The first-order valence-electron chi connectivity index (χ1n) is 23.0. The molecule has 1 spiro atoms. The second kappa shape index (κ2) is 13.8. The van der Waals surface area contributed by atoms with Gasteiger partial charge in [-0.05, 0) is 117 Å². The quantitative estimate of drug-likeness (QED) is 0.175. The van der Waals surface area contributed by atoms with Crippen LogP contribution in [0.1, 0.15) is 22.3 Å². The molecule has 0 amide bonds. The summed E-state index contributed by atoms with van der Waals surface area (Å²) < 4.78 is 12.1. The first-order valence-corrected chi connectivity index (χ1v) is 23.8. The van der Waals surface area contributed by atoms with Crippen LogP contribution >= 0.6 is 11.3 Å². The average molecular weight is 871 g/mol. The van der Waals surface area contributed by atoms with E-state index in [-0.39, 0.29) is 0 Å². The van der Waals surface area contributed by atoms with E-state index < -0.39 is 5.41 Å². The highest BCUT2D eigenvalue weighted by Gasteiger charge is 2.49. The fourth-order valence-electron chi connectivity index (χ4n) is 11.9. The Bertz CT molecular complexity index is 4220. The second-order valence-electron chi connectivity index (χ2n) is 17.9. The van der Waals surface area contributed by atoms with Gasteiger partial charge in [0.15, 0.2) is 0 Å². The predicted octanol–water partition coefficient (Wildman–Crippen LogP) is 17.4. The standard InChI is InChI=1S/C63H38N2OS/c1-2-18-44-39(14-1)15-13-27-55(44)64(41-30-33-57-49(36-41)46-20-4-8-26-56(46)65(57)42-32-35-61-50(37-42)47-21-5-10-29-60(47)67-61)43-31-34-59-54(38-43)63(52-24-7-9-28-58(52)66-59)51-23-6-3-19-45(51)48-22-11-16-40-17-12-25-53(63)62(40)48/h1-38H. The Labute approximate surface area is 390 Å². The molecule has 67 heavy (non-hydrogen) atoms. The van der Waals surface area contributed by atoms with Gasteiger partial charge in [0.1, 0.15) is 11.5 Å². The van der Waals surface area contributed by atoms with Gasteiger partial charge in [-0.2, -0.15) is 0 Å². The van der Waals surface area contributed by atoms with Gasteiger partial charge < -0.3 is 14.2 Å². The lowest BCUT2D eigenvalue weighted by atomic mass is 9.58. The molecule has 3 nitrogen and oxygen atoms in total. The number of para-hydroxylation sites is 2. The average Bonchev–Trinajstić information content (AvgIpc) is 3.93. The van der Waals surface area contributed by atoms with Crippen molar-refractivity contribution in [2.24, 2.45) is 0 Å². The maximum atomic E-state index is 7.00. The summed E-state index contributed by atoms with van der Waals surface area (Å²) in [5.74, 6) is 1.74. The van der Waals surface area contributed by atoms with Crippen LogP contribution in [0.25, 0.3) is 80.3 Å². The largest absolute Gasteiger partial charge is 0.457 e. The Balaban J connectivity index is 1.00. The molecule has 1 unspecified atom stereocenters. The van der Waals surface area contributed by atoms with Crippen LogP contribution in [0, 0.1) is 0 Å². The summed E-state index contributed by atoms with van der Waals surface area (Å²) >= 11 is 1.86. The topological polar surface area (TPSA) is 17.4 Å². The van der Waals surface area contributed by atoms with E-state index >= 15 is 0 Å². The Morgan fingerprint density at radius 2 is 1.03 bits per heavy atom. The predicted molar refractivity (Wildman–Crippen MR) is 281 cm³/mol. The van der Waals surface area contributed by atoms with E-state index in [4.69, 9.17) is 4.74 Å². The minimum atomic E-state index is -0.665. The number of anilines is 3. The number of ether oxygens (including phenoxy) is 1.